The fourth-order valence-corrected chi connectivity index (χ4v) is 3.68. The van der Waals surface area contributed by atoms with Gasteiger partial charge in [0.15, 0.2) is 0 Å². The second-order valence-electron chi connectivity index (χ2n) is 6.41. The quantitative estimate of drug-likeness (QED) is 0.702. The van der Waals surface area contributed by atoms with Gasteiger partial charge in [-0.25, -0.2) is 0 Å². The SMILES string of the molecule is COc1ccc2c(c1)[C@@H](c1ccccc1O)C[C@@H](c1ccccc1)N2. The minimum Gasteiger partial charge on any atom is -0.508 e. The molecule has 3 nitrogen and oxygen atoms in total. The highest BCUT2D eigenvalue weighted by Gasteiger charge is 2.30. The van der Waals surface area contributed by atoms with Gasteiger partial charge < -0.3 is 15.2 Å². The number of nitrogens with one attached hydrogen (secondary N) is 1. The van der Waals surface area contributed by atoms with Crippen molar-refractivity contribution >= 4 is 5.69 Å². The summed E-state index contributed by atoms with van der Waals surface area (Å²) in [5.41, 5.74) is 4.46. The maximum atomic E-state index is 10.4. The van der Waals surface area contributed by atoms with Crippen LogP contribution in [0.3, 0.4) is 0 Å². The van der Waals surface area contributed by atoms with Crippen molar-refractivity contribution in [1.29, 1.82) is 0 Å². The lowest BCUT2D eigenvalue weighted by atomic mass is 9.80. The Balaban J connectivity index is 1.82. The number of benzene rings is 3. The van der Waals surface area contributed by atoms with E-state index in [9.17, 15) is 5.11 Å². The van der Waals surface area contributed by atoms with Crippen LogP contribution in [0, 0.1) is 0 Å². The molecule has 0 aromatic heterocycles. The molecule has 0 saturated heterocycles. The molecule has 126 valence electrons. The van der Waals surface area contributed by atoms with Crippen molar-refractivity contribution in [2.24, 2.45) is 0 Å². The van der Waals surface area contributed by atoms with E-state index in [1.807, 2.05) is 30.3 Å². The Labute approximate surface area is 147 Å². The van der Waals surface area contributed by atoms with E-state index in [0.717, 1.165) is 29.0 Å². The molecule has 0 aliphatic carbocycles. The van der Waals surface area contributed by atoms with Gasteiger partial charge in [0.2, 0.25) is 0 Å². The number of para-hydroxylation sites is 1. The monoisotopic (exact) mass is 331 g/mol. The summed E-state index contributed by atoms with van der Waals surface area (Å²) in [6, 6.07) is 24.4. The van der Waals surface area contributed by atoms with E-state index >= 15 is 0 Å². The lowest BCUT2D eigenvalue weighted by molar-refractivity contribution is 0.413. The maximum absolute atomic E-state index is 10.4. The highest BCUT2D eigenvalue weighted by Crippen LogP contribution is 2.46. The molecule has 3 heteroatoms. The van der Waals surface area contributed by atoms with Gasteiger partial charge in [-0.2, -0.15) is 0 Å². The van der Waals surface area contributed by atoms with E-state index in [0.29, 0.717) is 5.75 Å². The van der Waals surface area contributed by atoms with Crippen molar-refractivity contribution in [1.82, 2.24) is 0 Å². The van der Waals surface area contributed by atoms with Crippen LogP contribution < -0.4 is 10.1 Å². The van der Waals surface area contributed by atoms with Crippen molar-refractivity contribution in [3.63, 3.8) is 0 Å². The first-order valence-electron chi connectivity index (χ1n) is 8.53. The number of methoxy groups -OCH3 is 1. The molecule has 0 bridgehead atoms. The summed E-state index contributed by atoms with van der Waals surface area (Å²) < 4.78 is 5.42. The van der Waals surface area contributed by atoms with Crippen LogP contribution in [0.1, 0.15) is 35.1 Å². The van der Waals surface area contributed by atoms with Gasteiger partial charge in [0.25, 0.3) is 0 Å². The average molecular weight is 331 g/mol. The first-order chi connectivity index (χ1) is 12.3. The van der Waals surface area contributed by atoms with Crippen molar-refractivity contribution in [3.8, 4) is 11.5 Å². The molecule has 3 aromatic carbocycles. The van der Waals surface area contributed by atoms with Crippen LogP contribution in [-0.2, 0) is 0 Å². The van der Waals surface area contributed by atoms with E-state index in [4.69, 9.17) is 4.74 Å². The number of hydrogen-bond donors (Lipinski definition) is 2. The zero-order valence-corrected chi connectivity index (χ0v) is 14.1. The lowest BCUT2D eigenvalue weighted by Gasteiger charge is -2.34. The number of anilines is 1. The summed E-state index contributed by atoms with van der Waals surface area (Å²) in [4.78, 5) is 0. The van der Waals surface area contributed by atoms with E-state index < -0.39 is 0 Å². The molecule has 0 spiro atoms. The Kier molecular flexibility index (Phi) is 4.06. The number of ether oxygens (including phenoxy) is 1. The Morgan fingerprint density at radius 2 is 1.68 bits per heavy atom. The number of fused-ring (bicyclic) bond motifs is 1. The molecule has 3 aromatic rings. The average Bonchev–Trinajstić information content (AvgIpc) is 2.68. The molecule has 0 fully saturated rings. The standard InChI is InChI=1S/C22H21NO2/c1-25-16-11-12-20-19(13-16)18(17-9-5-6-10-22(17)24)14-21(23-20)15-7-3-2-4-8-15/h2-13,18,21,23-24H,14H2,1H3/t18-,21+/m1/s1. The van der Waals surface area contributed by atoms with Crippen LogP contribution in [0.15, 0.2) is 72.8 Å². The topological polar surface area (TPSA) is 41.5 Å². The summed E-state index contributed by atoms with van der Waals surface area (Å²) in [5, 5.41) is 14.1. The van der Waals surface area contributed by atoms with Gasteiger partial charge in [-0.15, -0.1) is 0 Å². The van der Waals surface area contributed by atoms with Crippen LogP contribution in [0.5, 0.6) is 11.5 Å². The van der Waals surface area contributed by atoms with Crippen molar-refractivity contribution in [2.75, 3.05) is 12.4 Å². The number of hydrogen-bond acceptors (Lipinski definition) is 3. The van der Waals surface area contributed by atoms with E-state index in [-0.39, 0.29) is 12.0 Å². The molecule has 0 amide bonds. The first kappa shape index (κ1) is 15.6. The Bertz CT molecular complexity index is 876. The lowest BCUT2D eigenvalue weighted by Crippen LogP contribution is -2.22. The second kappa shape index (κ2) is 6.52. The van der Waals surface area contributed by atoms with Gasteiger partial charge in [0, 0.05) is 17.2 Å². The summed E-state index contributed by atoms with van der Waals surface area (Å²) in [5.74, 6) is 1.28. The molecule has 1 aliphatic rings. The molecular formula is C22H21NO2. The van der Waals surface area contributed by atoms with Gasteiger partial charge in [0.05, 0.1) is 13.2 Å². The summed E-state index contributed by atoms with van der Waals surface area (Å²) >= 11 is 0. The smallest absolute Gasteiger partial charge is 0.119 e. The molecule has 0 saturated carbocycles. The Hall–Kier alpha value is -2.94. The van der Waals surface area contributed by atoms with E-state index in [1.54, 1.807) is 13.2 Å². The van der Waals surface area contributed by atoms with Crippen LogP contribution in [0.25, 0.3) is 0 Å². The highest BCUT2D eigenvalue weighted by atomic mass is 16.5. The maximum Gasteiger partial charge on any atom is 0.119 e. The molecule has 2 atom stereocenters. The largest absolute Gasteiger partial charge is 0.508 e. The van der Waals surface area contributed by atoms with Gasteiger partial charge in [0.1, 0.15) is 11.5 Å². The molecule has 4 rings (SSSR count). The Morgan fingerprint density at radius 1 is 0.920 bits per heavy atom. The number of rotatable bonds is 3. The minimum absolute atomic E-state index is 0.109. The predicted molar refractivity (Wildman–Crippen MR) is 100 cm³/mol. The van der Waals surface area contributed by atoms with Gasteiger partial charge in [-0.3, -0.25) is 0 Å². The van der Waals surface area contributed by atoms with Crippen molar-refractivity contribution < 1.29 is 9.84 Å². The van der Waals surface area contributed by atoms with Crippen molar-refractivity contribution in [2.45, 2.75) is 18.4 Å². The van der Waals surface area contributed by atoms with Crippen LogP contribution >= 0.6 is 0 Å². The molecule has 1 heterocycles. The fraction of sp³-hybridized carbons (Fsp3) is 0.182. The molecule has 2 N–H and O–H groups in total. The van der Waals surface area contributed by atoms with Gasteiger partial charge in [-0.1, -0.05) is 48.5 Å². The normalized spacial score (nSPS) is 18.9. The molecule has 25 heavy (non-hydrogen) atoms. The van der Waals surface area contributed by atoms with Crippen LogP contribution in [0.2, 0.25) is 0 Å². The van der Waals surface area contributed by atoms with Crippen LogP contribution in [-0.4, -0.2) is 12.2 Å². The molecule has 0 radical (unpaired) electrons. The summed E-state index contributed by atoms with van der Waals surface area (Å²) in [6.07, 6.45) is 0.877. The summed E-state index contributed by atoms with van der Waals surface area (Å²) in [6.45, 7) is 0. The zero-order chi connectivity index (χ0) is 17.2. The minimum atomic E-state index is 0.109. The van der Waals surface area contributed by atoms with E-state index in [2.05, 4.69) is 41.7 Å². The predicted octanol–water partition coefficient (Wildman–Crippen LogP) is 5.09. The number of phenolic OH excluding ortho intramolecular Hbond substituents is 1. The van der Waals surface area contributed by atoms with Gasteiger partial charge in [-0.05, 0) is 41.8 Å². The van der Waals surface area contributed by atoms with Gasteiger partial charge >= 0.3 is 0 Å². The third kappa shape index (κ3) is 2.93. The molecular weight excluding hydrogens is 310 g/mol. The third-order valence-corrected chi connectivity index (χ3v) is 4.95. The second-order valence-corrected chi connectivity index (χ2v) is 6.41. The molecule has 1 aliphatic heterocycles. The zero-order valence-electron chi connectivity index (χ0n) is 14.1. The third-order valence-electron chi connectivity index (χ3n) is 4.95. The van der Waals surface area contributed by atoms with Crippen LogP contribution in [0.4, 0.5) is 5.69 Å². The van der Waals surface area contributed by atoms with Crippen molar-refractivity contribution in [3.05, 3.63) is 89.5 Å². The van der Waals surface area contributed by atoms with E-state index in [1.165, 1.54) is 5.56 Å². The fourth-order valence-electron chi connectivity index (χ4n) is 3.68. The number of phenols is 1. The molecule has 0 unspecified atom stereocenters. The highest BCUT2D eigenvalue weighted by molar-refractivity contribution is 5.62. The first-order valence-corrected chi connectivity index (χ1v) is 8.53. The summed E-state index contributed by atoms with van der Waals surface area (Å²) in [7, 11) is 1.68. The number of aromatic hydroxyl groups is 1. The Morgan fingerprint density at radius 3 is 2.44 bits per heavy atom.